The number of para-hydroxylation sites is 1. The van der Waals surface area contributed by atoms with Gasteiger partial charge in [-0.15, -0.1) is 0 Å². The number of rotatable bonds is 15. The van der Waals surface area contributed by atoms with E-state index in [1.165, 1.54) is 44.1 Å². The van der Waals surface area contributed by atoms with Crippen molar-refractivity contribution in [3.8, 4) is 11.5 Å². The molecule has 0 amide bonds. The molecule has 3 nitrogen and oxygen atoms in total. The summed E-state index contributed by atoms with van der Waals surface area (Å²) in [4.78, 5) is 0. The molecule has 0 radical (unpaired) electrons. The van der Waals surface area contributed by atoms with Crippen molar-refractivity contribution < 1.29 is 9.47 Å². The van der Waals surface area contributed by atoms with Crippen LogP contribution < -0.4 is 14.8 Å². The zero-order valence-electron chi connectivity index (χ0n) is 17.7. The molecule has 0 atom stereocenters. The second-order valence-corrected chi connectivity index (χ2v) is 7.30. The van der Waals surface area contributed by atoms with Gasteiger partial charge < -0.3 is 14.8 Å². The lowest BCUT2D eigenvalue weighted by Gasteiger charge is -2.13. The highest BCUT2D eigenvalue weighted by atomic mass is 16.5. The Balaban J connectivity index is 1.74. The smallest absolute Gasteiger partial charge is 0.124 e. The number of anilines is 1. The molecule has 0 unspecified atom stereocenters. The van der Waals surface area contributed by atoms with Gasteiger partial charge in [-0.3, -0.25) is 0 Å². The molecule has 2 rings (SSSR count). The van der Waals surface area contributed by atoms with Crippen LogP contribution in [-0.4, -0.2) is 13.2 Å². The Morgan fingerprint density at radius 2 is 1.32 bits per heavy atom. The summed E-state index contributed by atoms with van der Waals surface area (Å²) in [7, 11) is 0. The number of benzene rings is 2. The van der Waals surface area contributed by atoms with Gasteiger partial charge in [0.2, 0.25) is 0 Å². The molecule has 0 spiro atoms. The zero-order valence-corrected chi connectivity index (χ0v) is 17.7. The van der Waals surface area contributed by atoms with Crippen molar-refractivity contribution in [1.82, 2.24) is 0 Å². The average Bonchev–Trinajstić information content (AvgIpc) is 2.74. The van der Waals surface area contributed by atoms with Crippen LogP contribution in [0.15, 0.2) is 48.5 Å². The van der Waals surface area contributed by atoms with Crippen LogP contribution in [-0.2, 0) is 6.54 Å². The molecular formula is C25H37NO2. The maximum Gasteiger partial charge on any atom is 0.124 e. The Kier molecular flexibility index (Phi) is 11.0. The van der Waals surface area contributed by atoms with E-state index in [1.54, 1.807) is 0 Å². The molecule has 0 bridgehead atoms. The Morgan fingerprint density at radius 1 is 0.679 bits per heavy atom. The summed E-state index contributed by atoms with van der Waals surface area (Å²) in [6.07, 6.45) is 9.85. The topological polar surface area (TPSA) is 30.5 Å². The van der Waals surface area contributed by atoms with Gasteiger partial charge in [-0.2, -0.15) is 0 Å². The summed E-state index contributed by atoms with van der Waals surface area (Å²) in [5.74, 6) is 1.93. The third kappa shape index (κ3) is 8.69. The summed E-state index contributed by atoms with van der Waals surface area (Å²) in [5, 5.41) is 3.49. The quantitative estimate of drug-likeness (QED) is 0.329. The molecule has 0 aliphatic rings. The van der Waals surface area contributed by atoms with Gasteiger partial charge in [0.05, 0.1) is 13.2 Å². The fourth-order valence-electron chi connectivity index (χ4n) is 3.09. The van der Waals surface area contributed by atoms with Crippen molar-refractivity contribution >= 4 is 5.69 Å². The van der Waals surface area contributed by atoms with Crippen molar-refractivity contribution in [2.75, 3.05) is 18.5 Å². The molecule has 2 aromatic rings. The fraction of sp³-hybridized carbons (Fsp3) is 0.520. The number of hydrogen-bond acceptors (Lipinski definition) is 3. The Hall–Kier alpha value is -2.16. The van der Waals surface area contributed by atoms with Crippen LogP contribution in [0.2, 0.25) is 0 Å². The van der Waals surface area contributed by atoms with Gasteiger partial charge in [0.15, 0.2) is 0 Å². The Labute approximate surface area is 171 Å². The van der Waals surface area contributed by atoms with E-state index in [1.807, 2.05) is 18.2 Å². The van der Waals surface area contributed by atoms with E-state index >= 15 is 0 Å². The second-order valence-electron chi connectivity index (χ2n) is 7.30. The van der Waals surface area contributed by atoms with E-state index in [0.717, 1.165) is 49.8 Å². The van der Waals surface area contributed by atoms with Crippen molar-refractivity contribution in [2.45, 2.75) is 71.8 Å². The van der Waals surface area contributed by atoms with Crippen LogP contribution in [0.5, 0.6) is 11.5 Å². The van der Waals surface area contributed by atoms with Gasteiger partial charge in [0.1, 0.15) is 11.5 Å². The molecule has 0 aliphatic heterocycles. The molecule has 0 saturated heterocycles. The van der Waals surface area contributed by atoms with E-state index in [9.17, 15) is 0 Å². The number of unbranched alkanes of at least 4 members (excludes halogenated alkanes) is 6. The molecule has 2 aromatic carbocycles. The minimum atomic E-state index is 0.752. The molecule has 28 heavy (non-hydrogen) atoms. The van der Waals surface area contributed by atoms with Crippen LogP contribution in [0.3, 0.4) is 0 Å². The zero-order chi connectivity index (χ0) is 19.9. The first-order valence-corrected chi connectivity index (χ1v) is 11.0. The van der Waals surface area contributed by atoms with Gasteiger partial charge in [0, 0.05) is 17.8 Å². The van der Waals surface area contributed by atoms with Crippen molar-refractivity contribution in [2.24, 2.45) is 0 Å². The summed E-state index contributed by atoms with van der Waals surface area (Å²) in [5.41, 5.74) is 2.28. The Bertz CT molecular complexity index is 639. The summed E-state index contributed by atoms with van der Waals surface area (Å²) in [6, 6.07) is 16.5. The van der Waals surface area contributed by atoms with E-state index < -0.39 is 0 Å². The largest absolute Gasteiger partial charge is 0.494 e. The first-order valence-electron chi connectivity index (χ1n) is 11.0. The molecule has 0 fully saturated rings. The SMILES string of the molecule is CCCCCCCOc1ccc(NCc2ccccc2OCCCCC)cc1. The second kappa shape index (κ2) is 13.9. The highest BCUT2D eigenvalue weighted by molar-refractivity contribution is 5.47. The van der Waals surface area contributed by atoms with E-state index in [4.69, 9.17) is 9.47 Å². The Morgan fingerprint density at radius 3 is 2.11 bits per heavy atom. The summed E-state index contributed by atoms with van der Waals surface area (Å²) < 4.78 is 11.8. The summed E-state index contributed by atoms with van der Waals surface area (Å²) in [6.45, 7) is 6.79. The monoisotopic (exact) mass is 383 g/mol. The number of nitrogens with one attached hydrogen (secondary N) is 1. The highest BCUT2D eigenvalue weighted by Gasteiger charge is 2.03. The highest BCUT2D eigenvalue weighted by Crippen LogP contribution is 2.21. The third-order valence-corrected chi connectivity index (χ3v) is 4.83. The molecule has 1 N–H and O–H groups in total. The van der Waals surface area contributed by atoms with Crippen LogP contribution in [0.25, 0.3) is 0 Å². The maximum atomic E-state index is 5.97. The molecule has 0 aromatic heterocycles. The van der Waals surface area contributed by atoms with E-state index in [0.29, 0.717) is 0 Å². The predicted octanol–water partition coefficient (Wildman–Crippen LogP) is 7.22. The molecule has 3 heteroatoms. The van der Waals surface area contributed by atoms with Crippen molar-refractivity contribution in [1.29, 1.82) is 0 Å². The lowest BCUT2D eigenvalue weighted by Crippen LogP contribution is -2.04. The molecule has 154 valence electrons. The predicted molar refractivity (Wildman–Crippen MR) is 119 cm³/mol. The van der Waals surface area contributed by atoms with Crippen LogP contribution >= 0.6 is 0 Å². The van der Waals surface area contributed by atoms with Crippen LogP contribution in [0.4, 0.5) is 5.69 Å². The number of hydrogen-bond donors (Lipinski definition) is 1. The van der Waals surface area contributed by atoms with E-state index in [2.05, 4.69) is 49.5 Å². The van der Waals surface area contributed by atoms with E-state index in [-0.39, 0.29) is 0 Å². The fourth-order valence-corrected chi connectivity index (χ4v) is 3.09. The molecular weight excluding hydrogens is 346 g/mol. The minimum Gasteiger partial charge on any atom is -0.494 e. The first kappa shape index (κ1) is 22.1. The van der Waals surface area contributed by atoms with Gasteiger partial charge in [-0.05, 0) is 43.2 Å². The van der Waals surface area contributed by atoms with Crippen LogP contribution in [0.1, 0.15) is 70.8 Å². The molecule has 0 heterocycles. The maximum absolute atomic E-state index is 5.97. The van der Waals surface area contributed by atoms with Crippen molar-refractivity contribution in [3.63, 3.8) is 0 Å². The molecule has 0 aliphatic carbocycles. The standard InChI is InChI=1S/C25H37NO2/c1-3-5-7-8-12-19-27-24-17-15-23(16-18-24)26-21-22-13-9-10-14-25(22)28-20-11-6-4-2/h9-10,13-18,26H,3-8,11-12,19-21H2,1-2H3. The molecule has 0 saturated carbocycles. The minimum absolute atomic E-state index is 0.752. The van der Waals surface area contributed by atoms with Crippen LogP contribution in [0, 0.1) is 0 Å². The number of ether oxygens (including phenoxy) is 2. The normalized spacial score (nSPS) is 10.6. The third-order valence-electron chi connectivity index (χ3n) is 4.83. The summed E-state index contributed by atoms with van der Waals surface area (Å²) >= 11 is 0. The van der Waals surface area contributed by atoms with Gasteiger partial charge in [0.25, 0.3) is 0 Å². The lowest BCUT2D eigenvalue weighted by atomic mass is 10.2. The van der Waals surface area contributed by atoms with Gasteiger partial charge in [-0.1, -0.05) is 70.6 Å². The van der Waals surface area contributed by atoms with Gasteiger partial charge in [-0.25, -0.2) is 0 Å². The first-order chi connectivity index (χ1) is 13.8. The van der Waals surface area contributed by atoms with Crippen molar-refractivity contribution in [3.05, 3.63) is 54.1 Å². The average molecular weight is 384 g/mol. The van der Waals surface area contributed by atoms with Gasteiger partial charge >= 0.3 is 0 Å². The lowest BCUT2D eigenvalue weighted by molar-refractivity contribution is 0.303.